The lowest BCUT2D eigenvalue weighted by Crippen LogP contribution is -2.11. The van der Waals surface area contributed by atoms with Crippen molar-refractivity contribution in [3.63, 3.8) is 0 Å². The highest BCUT2D eigenvalue weighted by Crippen LogP contribution is 2.43. The monoisotopic (exact) mass is 246 g/mol. The first-order valence-corrected chi connectivity index (χ1v) is 7.29. The standard InChI is InChI=1S/C9H15N2O2PS/c1-4-12-14(15,10-3)13-9-6-5-8(2)11-7-9/h5-7H,4H2,1-3H3,(H,10,15). The molecule has 6 heteroatoms. The third-order valence-corrected chi connectivity index (χ3v) is 4.37. The van der Waals surface area contributed by atoms with Gasteiger partial charge in [-0.1, -0.05) is 0 Å². The SMILES string of the molecule is CCOP(=S)(NC)Oc1ccc(C)nc1. The van der Waals surface area contributed by atoms with Crippen molar-refractivity contribution in [1.29, 1.82) is 0 Å². The largest absolute Gasteiger partial charge is 0.431 e. The Hall–Kier alpha value is -0.480. The quantitative estimate of drug-likeness (QED) is 0.807. The zero-order valence-electron chi connectivity index (χ0n) is 9.06. The minimum atomic E-state index is -2.39. The average molecular weight is 246 g/mol. The van der Waals surface area contributed by atoms with Crippen molar-refractivity contribution in [2.24, 2.45) is 0 Å². The second-order valence-corrected chi connectivity index (χ2v) is 6.19. The number of rotatable bonds is 5. The predicted molar refractivity (Wildman–Crippen MR) is 64.6 cm³/mol. The van der Waals surface area contributed by atoms with E-state index in [0.29, 0.717) is 12.4 Å². The maximum absolute atomic E-state index is 5.58. The maximum atomic E-state index is 5.58. The van der Waals surface area contributed by atoms with Crippen LogP contribution in [-0.2, 0) is 16.3 Å². The Balaban J connectivity index is 2.75. The molecular formula is C9H15N2O2PS. The van der Waals surface area contributed by atoms with Gasteiger partial charge in [0.1, 0.15) is 5.75 Å². The van der Waals surface area contributed by atoms with Crippen LogP contribution in [0.5, 0.6) is 5.75 Å². The summed E-state index contributed by atoms with van der Waals surface area (Å²) >= 11 is 5.24. The van der Waals surface area contributed by atoms with Crippen LogP contribution in [0.15, 0.2) is 18.3 Å². The fourth-order valence-electron chi connectivity index (χ4n) is 0.954. The van der Waals surface area contributed by atoms with E-state index in [9.17, 15) is 0 Å². The Labute approximate surface area is 95.2 Å². The number of hydrogen-bond acceptors (Lipinski definition) is 4. The van der Waals surface area contributed by atoms with Crippen LogP contribution < -0.4 is 9.61 Å². The van der Waals surface area contributed by atoms with Gasteiger partial charge in [-0.15, -0.1) is 0 Å². The Morgan fingerprint density at radius 3 is 2.73 bits per heavy atom. The highest BCUT2D eigenvalue weighted by molar-refractivity contribution is 8.09. The Kier molecular flexibility index (Phi) is 4.67. The van der Waals surface area contributed by atoms with E-state index >= 15 is 0 Å². The molecule has 0 aliphatic heterocycles. The summed E-state index contributed by atoms with van der Waals surface area (Å²) in [6.07, 6.45) is 1.65. The molecule has 84 valence electrons. The molecule has 1 aromatic heterocycles. The third-order valence-electron chi connectivity index (χ3n) is 1.68. The van der Waals surface area contributed by atoms with E-state index in [0.717, 1.165) is 5.69 Å². The van der Waals surface area contributed by atoms with E-state index in [1.165, 1.54) is 0 Å². The van der Waals surface area contributed by atoms with Gasteiger partial charge in [0.05, 0.1) is 12.8 Å². The normalized spacial score (nSPS) is 14.6. The molecule has 0 saturated heterocycles. The van der Waals surface area contributed by atoms with Crippen LogP contribution in [0.3, 0.4) is 0 Å². The van der Waals surface area contributed by atoms with Gasteiger partial charge in [0.15, 0.2) is 0 Å². The fraction of sp³-hybridized carbons (Fsp3) is 0.444. The number of aryl methyl sites for hydroxylation is 1. The molecule has 0 radical (unpaired) electrons. The average Bonchev–Trinajstić information content (AvgIpc) is 2.22. The van der Waals surface area contributed by atoms with Crippen molar-refractivity contribution in [1.82, 2.24) is 10.1 Å². The first kappa shape index (κ1) is 12.6. The molecule has 0 saturated carbocycles. The van der Waals surface area contributed by atoms with Gasteiger partial charge in [-0.2, -0.15) is 0 Å². The molecule has 0 bridgehead atoms. The van der Waals surface area contributed by atoms with Gasteiger partial charge in [0.2, 0.25) is 0 Å². The summed E-state index contributed by atoms with van der Waals surface area (Å²) in [4.78, 5) is 4.12. The molecule has 4 nitrogen and oxygen atoms in total. The fourth-order valence-corrected chi connectivity index (χ4v) is 2.53. The summed E-state index contributed by atoms with van der Waals surface area (Å²) in [7, 11) is 1.73. The zero-order valence-corrected chi connectivity index (χ0v) is 10.8. The number of nitrogens with zero attached hydrogens (tertiary/aromatic N) is 1. The smallest absolute Gasteiger partial charge is 0.312 e. The summed E-state index contributed by atoms with van der Waals surface area (Å²) in [6, 6.07) is 3.70. The van der Waals surface area contributed by atoms with Crippen LogP contribution in [0.1, 0.15) is 12.6 Å². The lowest BCUT2D eigenvalue weighted by Gasteiger charge is -2.20. The molecule has 1 unspecified atom stereocenters. The predicted octanol–water partition coefficient (Wildman–Crippen LogP) is 2.25. The summed E-state index contributed by atoms with van der Waals surface area (Å²) < 4.78 is 11.0. The van der Waals surface area contributed by atoms with Crippen LogP contribution >= 0.6 is 6.64 Å². The van der Waals surface area contributed by atoms with Gasteiger partial charge in [0.25, 0.3) is 0 Å². The zero-order chi connectivity index (χ0) is 11.3. The van der Waals surface area contributed by atoms with E-state index < -0.39 is 6.64 Å². The van der Waals surface area contributed by atoms with Crippen molar-refractivity contribution in [3.8, 4) is 5.75 Å². The minimum Gasteiger partial charge on any atom is -0.431 e. The molecule has 1 rings (SSSR count). The summed E-state index contributed by atoms with van der Waals surface area (Å²) in [5.41, 5.74) is 0.941. The van der Waals surface area contributed by atoms with E-state index in [-0.39, 0.29) is 0 Å². The first-order chi connectivity index (χ1) is 7.09. The molecule has 0 aliphatic carbocycles. The van der Waals surface area contributed by atoms with Crippen LogP contribution in [0, 0.1) is 6.92 Å². The van der Waals surface area contributed by atoms with Gasteiger partial charge in [-0.3, -0.25) is 4.98 Å². The van der Waals surface area contributed by atoms with Crippen molar-refractivity contribution >= 4 is 18.4 Å². The molecule has 15 heavy (non-hydrogen) atoms. The lowest BCUT2D eigenvalue weighted by atomic mass is 10.4. The van der Waals surface area contributed by atoms with Gasteiger partial charge in [0, 0.05) is 5.69 Å². The van der Waals surface area contributed by atoms with E-state index in [1.54, 1.807) is 13.2 Å². The van der Waals surface area contributed by atoms with Gasteiger partial charge < -0.3 is 9.05 Å². The second-order valence-electron chi connectivity index (χ2n) is 2.87. The molecule has 0 fully saturated rings. The molecule has 0 aromatic carbocycles. The summed E-state index contributed by atoms with van der Waals surface area (Å²) in [5, 5.41) is 2.90. The molecule has 1 N–H and O–H groups in total. The second kappa shape index (κ2) is 5.56. The third kappa shape index (κ3) is 3.87. The van der Waals surface area contributed by atoms with Crippen molar-refractivity contribution in [2.45, 2.75) is 13.8 Å². The summed E-state index contributed by atoms with van der Waals surface area (Å²) in [5.74, 6) is 0.631. The number of hydrogen-bond donors (Lipinski definition) is 1. The van der Waals surface area contributed by atoms with E-state index in [2.05, 4.69) is 10.1 Å². The van der Waals surface area contributed by atoms with Crippen LogP contribution in [0.25, 0.3) is 0 Å². The van der Waals surface area contributed by atoms with Crippen molar-refractivity contribution in [2.75, 3.05) is 13.7 Å². The van der Waals surface area contributed by atoms with E-state index in [4.69, 9.17) is 20.9 Å². The highest BCUT2D eigenvalue weighted by atomic mass is 32.5. The number of pyridine rings is 1. The van der Waals surface area contributed by atoms with Gasteiger partial charge >= 0.3 is 6.64 Å². The number of aromatic nitrogens is 1. The Morgan fingerprint density at radius 2 is 2.27 bits per heavy atom. The molecule has 0 amide bonds. The molecular weight excluding hydrogens is 231 g/mol. The minimum absolute atomic E-state index is 0.525. The number of nitrogens with one attached hydrogen (secondary N) is 1. The van der Waals surface area contributed by atoms with Crippen molar-refractivity contribution < 1.29 is 9.05 Å². The lowest BCUT2D eigenvalue weighted by molar-refractivity contribution is 0.324. The van der Waals surface area contributed by atoms with Crippen LogP contribution in [0.4, 0.5) is 0 Å². The summed E-state index contributed by atoms with van der Waals surface area (Å²) in [6.45, 7) is 1.93. The van der Waals surface area contributed by atoms with Crippen molar-refractivity contribution in [3.05, 3.63) is 24.0 Å². The molecule has 1 atom stereocenters. The molecule has 1 aromatic rings. The highest BCUT2D eigenvalue weighted by Gasteiger charge is 2.17. The Bertz CT molecular complexity index is 356. The maximum Gasteiger partial charge on any atom is 0.312 e. The first-order valence-electron chi connectivity index (χ1n) is 4.65. The van der Waals surface area contributed by atoms with Gasteiger partial charge in [-0.05, 0) is 44.8 Å². The molecule has 0 aliphatic rings. The van der Waals surface area contributed by atoms with E-state index in [1.807, 2.05) is 26.0 Å². The molecule has 0 spiro atoms. The van der Waals surface area contributed by atoms with Gasteiger partial charge in [-0.25, -0.2) is 5.09 Å². The Morgan fingerprint density at radius 1 is 1.53 bits per heavy atom. The van der Waals surface area contributed by atoms with Crippen LogP contribution in [-0.4, -0.2) is 18.6 Å². The van der Waals surface area contributed by atoms with Crippen LogP contribution in [0.2, 0.25) is 0 Å². The topological polar surface area (TPSA) is 43.4 Å². The molecule has 1 heterocycles.